The van der Waals surface area contributed by atoms with Crippen molar-refractivity contribution >= 4 is 35.6 Å². The van der Waals surface area contributed by atoms with E-state index in [9.17, 15) is 9.59 Å². The van der Waals surface area contributed by atoms with Crippen molar-refractivity contribution in [2.45, 2.75) is 19.4 Å². The highest BCUT2D eigenvalue weighted by molar-refractivity contribution is 7.09. The van der Waals surface area contributed by atoms with E-state index in [0.717, 1.165) is 10.6 Å². The number of carbonyl (C=O) groups excluding carboxylic acids is 2. The van der Waals surface area contributed by atoms with Gasteiger partial charge in [-0.25, -0.2) is 4.98 Å². The molecule has 0 bridgehead atoms. The lowest BCUT2D eigenvalue weighted by atomic mass is 10.1. The molecule has 0 saturated carbocycles. The van der Waals surface area contributed by atoms with E-state index >= 15 is 0 Å². The Bertz CT molecular complexity index is 678. The van der Waals surface area contributed by atoms with Crippen LogP contribution in [0.2, 0.25) is 0 Å². The first-order valence-corrected chi connectivity index (χ1v) is 8.19. The minimum atomic E-state index is -0.557. The molecule has 1 aromatic heterocycles. The van der Waals surface area contributed by atoms with E-state index in [1.54, 1.807) is 5.38 Å². The summed E-state index contributed by atoms with van der Waals surface area (Å²) in [7, 11) is 0. The Morgan fingerprint density at radius 3 is 2.54 bits per heavy atom. The van der Waals surface area contributed by atoms with Crippen molar-refractivity contribution in [1.82, 2.24) is 9.88 Å². The molecule has 0 aliphatic heterocycles. The maximum Gasteiger partial charge on any atom is 0.274 e. The van der Waals surface area contributed by atoms with Crippen LogP contribution in [0.1, 0.15) is 34.0 Å². The maximum atomic E-state index is 12.7. The van der Waals surface area contributed by atoms with Crippen molar-refractivity contribution < 1.29 is 9.59 Å². The summed E-state index contributed by atoms with van der Waals surface area (Å²) in [6, 6.07) is 9.22. The van der Waals surface area contributed by atoms with E-state index < -0.39 is 5.91 Å². The summed E-state index contributed by atoms with van der Waals surface area (Å²) in [5.74, 6) is -0.863. The van der Waals surface area contributed by atoms with E-state index in [2.05, 4.69) is 4.98 Å². The van der Waals surface area contributed by atoms with Gasteiger partial charge in [0.05, 0.1) is 11.0 Å². The molecular formula is C16H21ClN4O2S. The largest absolute Gasteiger partial charge is 0.368 e. The Labute approximate surface area is 151 Å². The van der Waals surface area contributed by atoms with Crippen LogP contribution in [0.15, 0.2) is 35.7 Å². The van der Waals surface area contributed by atoms with Gasteiger partial charge >= 0.3 is 0 Å². The lowest BCUT2D eigenvalue weighted by Gasteiger charge is -2.27. The fourth-order valence-electron chi connectivity index (χ4n) is 2.26. The third-order valence-electron chi connectivity index (χ3n) is 3.47. The zero-order valence-electron chi connectivity index (χ0n) is 13.3. The fourth-order valence-corrected chi connectivity index (χ4v) is 3.05. The summed E-state index contributed by atoms with van der Waals surface area (Å²) in [4.78, 5) is 29.9. The molecule has 2 aromatic rings. The van der Waals surface area contributed by atoms with Gasteiger partial charge in [-0.3, -0.25) is 9.59 Å². The van der Waals surface area contributed by atoms with Crippen LogP contribution in [0.3, 0.4) is 0 Å². The molecule has 0 fully saturated rings. The van der Waals surface area contributed by atoms with Gasteiger partial charge < -0.3 is 16.4 Å². The van der Waals surface area contributed by atoms with E-state index in [0.29, 0.717) is 18.7 Å². The van der Waals surface area contributed by atoms with E-state index in [4.69, 9.17) is 11.5 Å². The molecular weight excluding hydrogens is 348 g/mol. The van der Waals surface area contributed by atoms with Crippen molar-refractivity contribution in [3.8, 4) is 0 Å². The van der Waals surface area contributed by atoms with E-state index in [1.165, 1.54) is 16.2 Å². The van der Waals surface area contributed by atoms with Crippen LogP contribution in [0, 0.1) is 0 Å². The lowest BCUT2D eigenvalue weighted by Crippen LogP contribution is -2.40. The lowest BCUT2D eigenvalue weighted by molar-refractivity contribution is -0.119. The van der Waals surface area contributed by atoms with Gasteiger partial charge in [0.15, 0.2) is 0 Å². The number of carbonyl (C=O) groups is 2. The molecule has 24 heavy (non-hydrogen) atoms. The molecule has 0 saturated heterocycles. The quantitative estimate of drug-likeness (QED) is 0.777. The van der Waals surface area contributed by atoms with Crippen LogP contribution in [-0.2, 0) is 11.2 Å². The van der Waals surface area contributed by atoms with Gasteiger partial charge in [-0.2, -0.15) is 0 Å². The second-order valence-corrected chi connectivity index (χ2v) is 6.09. The SMILES string of the molecule is C[C@H](c1ccccc1)N(CC(N)=O)C(=O)c1csc(CCN)n1.Cl. The number of benzene rings is 1. The Kier molecular flexibility index (Phi) is 7.84. The predicted molar refractivity (Wildman–Crippen MR) is 97.2 cm³/mol. The fraction of sp³-hybridized carbons (Fsp3) is 0.312. The number of halogens is 1. The second kappa shape index (κ2) is 9.36. The summed E-state index contributed by atoms with van der Waals surface area (Å²) in [5.41, 5.74) is 12.1. The molecule has 1 atom stereocenters. The summed E-state index contributed by atoms with van der Waals surface area (Å²) in [6.45, 7) is 2.19. The molecule has 130 valence electrons. The van der Waals surface area contributed by atoms with Gasteiger partial charge in [0, 0.05) is 11.8 Å². The average molecular weight is 369 g/mol. The van der Waals surface area contributed by atoms with Crippen LogP contribution < -0.4 is 11.5 Å². The van der Waals surface area contributed by atoms with Gasteiger partial charge in [-0.05, 0) is 19.0 Å². The number of aromatic nitrogens is 1. The highest BCUT2D eigenvalue weighted by Gasteiger charge is 2.26. The van der Waals surface area contributed by atoms with E-state index in [-0.39, 0.29) is 30.9 Å². The number of hydrogen-bond acceptors (Lipinski definition) is 5. The van der Waals surface area contributed by atoms with Crippen molar-refractivity contribution in [1.29, 1.82) is 0 Å². The van der Waals surface area contributed by atoms with Gasteiger partial charge in [0.25, 0.3) is 5.91 Å². The number of nitrogens with two attached hydrogens (primary N) is 2. The summed E-state index contributed by atoms with van der Waals surface area (Å²) < 4.78 is 0. The summed E-state index contributed by atoms with van der Waals surface area (Å²) in [6.07, 6.45) is 0.627. The van der Waals surface area contributed by atoms with Crippen LogP contribution in [-0.4, -0.2) is 34.8 Å². The minimum absolute atomic E-state index is 0. The highest BCUT2D eigenvalue weighted by Crippen LogP contribution is 2.22. The second-order valence-electron chi connectivity index (χ2n) is 5.15. The van der Waals surface area contributed by atoms with Crippen LogP contribution in [0.25, 0.3) is 0 Å². The number of amides is 2. The first-order chi connectivity index (χ1) is 11.0. The molecule has 0 unspecified atom stereocenters. The molecule has 1 heterocycles. The number of hydrogen-bond donors (Lipinski definition) is 2. The average Bonchev–Trinajstić information content (AvgIpc) is 3.01. The smallest absolute Gasteiger partial charge is 0.274 e. The van der Waals surface area contributed by atoms with Gasteiger partial charge in [0.2, 0.25) is 5.91 Å². The van der Waals surface area contributed by atoms with Gasteiger partial charge in [-0.1, -0.05) is 30.3 Å². The first-order valence-electron chi connectivity index (χ1n) is 7.31. The maximum absolute atomic E-state index is 12.7. The van der Waals surface area contributed by atoms with Crippen LogP contribution >= 0.6 is 23.7 Å². The van der Waals surface area contributed by atoms with E-state index in [1.807, 2.05) is 37.3 Å². The van der Waals surface area contributed by atoms with Crippen molar-refractivity contribution in [3.63, 3.8) is 0 Å². The third kappa shape index (κ3) is 5.02. The van der Waals surface area contributed by atoms with Crippen molar-refractivity contribution in [3.05, 3.63) is 52.0 Å². The Morgan fingerprint density at radius 2 is 1.96 bits per heavy atom. The molecule has 2 amide bonds. The number of nitrogens with zero attached hydrogens (tertiary/aromatic N) is 2. The molecule has 8 heteroatoms. The van der Waals surface area contributed by atoms with Gasteiger partial charge in [0.1, 0.15) is 12.2 Å². The summed E-state index contributed by atoms with van der Waals surface area (Å²) in [5, 5.41) is 2.50. The topological polar surface area (TPSA) is 102 Å². The first kappa shape index (κ1) is 20.1. The molecule has 0 aliphatic rings. The van der Waals surface area contributed by atoms with Gasteiger partial charge in [-0.15, -0.1) is 23.7 Å². The van der Waals surface area contributed by atoms with Crippen molar-refractivity contribution in [2.24, 2.45) is 11.5 Å². The third-order valence-corrected chi connectivity index (χ3v) is 4.37. The zero-order chi connectivity index (χ0) is 16.8. The molecule has 6 nitrogen and oxygen atoms in total. The standard InChI is InChI=1S/C16H20N4O2S.ClH/c1-11(12-5-3-2-4-6-12)20(9-14(18)21)16(22)13-10-23-15(19-13)7-8-17;/h2-6,10-11H,7-9,17H2,1H3,(H2,18,21);1H/t11-;/m1./s1. The Hall–Kier alpha value is -1.96. The number of thiazole rings is 1. The minimum Gasteiger partial charge on any atom is -0.368 e. The molecule has 1 aromatic carbocycles. The highest BCUT2D eigenvalue weighted by atomic mass is 35.5. The molecule has 2 rings (SSSR count). The zero-order valence-corrected chi connectivity index (χ0v) is 15.0. The monoisotopic (exact) mass is 368 g/mol. The van der Waals surface area contributed by atoms with Crippen LogP contribution in [0.4, 0.5) is 0 Å². The number of primary amides is 1. The molecule has 0 aliphatic carbocycles. The van der Waals surface area contributed by atoms with Crippen molar-refractivity contribution in [2.75, 3.05) is 13.1 Å². The molecule has 0 spiro atoms. The normalized spacial score (nSPS) is 11.4. The molecule has 4 N–H and O–H groups in total. The number of rotatable bonds is 7. The predicted octanol–water partition coefficient (Wildman–Crippen LogP) is 1.75. The Balaban J connectivity index is 0.00000288. The summed E-state index contributed by atoms with van der Waals surface area (Å²) >= 11 is 1.39. The Morgan fingerprint density at radius 1 is 1.29 bits per heavy atom. The van der Waals surface area contributed by atoms with Crippen LogP contribution in [0.5, 0.6) is 0 Å². The molecule has 0 radical (unpaired) electrons.